The molecule has 2 aliphatic rings. The first kappa shape index (κ1) is 15.2. The molecular formula is C18H20FN3O2. The van der Waals surface area contributed by atoms with Crippen molar-refractivity contribution in [3.05, 3.63) is 39.9 Å². The fourth-order valence-corrected chi connectivity index (χ4v) is 3.36. The third-order valence-electron chi connectivity index (χ3n) is 5.02. The predicted molar refractivity (Wildman–Crippen MR) is 91.0 cm³/mol. The van der Waals surface area contributed by atoms with Crippen molar-refractivity contribution in [2.24, 2.45) is 0 Å². The number of carbonyl (C=O) groups excluding carboxylic acids is 1. The standard InChI is InChI=1S/C18H20FN3O2/c1-11-9-22(12-3-4-12)15-8-16(14(19)7-13(15)18(11)24)21-6-5-20(2)17(23)10-21/h7-9,12H,3-6,10H2,1-2H3. The molecule has 4 rings (SSSR count). The molecule has 6 heteroatoms. The van der Waals surface area contributed by atoms with E-state index in [1.54, 1.807) is 29.8 Å². The SMILES string of the molecule is Cc1cn(C2CC2)c2cc(N3CCN(C)C(=O)C3)c(F)cc2c1=O. The van der Waals surface area contributed by atoms with Gasteiger partial charge in [0.15, 0.2) is 5.43 Å². The summed E-state index contributed by atoms with van der Waals surface area (Å²) in [6.45, 7) is 3.09. The average molecular weight is 329 g/mol. The first-order chi connectivity index (χ1) is 11.5. The first-order valence-corrected chi connectivity index (χ1v) is 8.29. The Kier molecular flexibility index (Phi) is 3.37. The van der Waals surface area contributed by atoms with E-state index in [0.717, 1.165) is 18.4 Å². The minimum absolute atomic E-state index is 0.0239. The molecule has 0 radical (unpaired) electrons. The summed E-state index contributed by atoms with van der Waals surface area (Å²) in [4.78, 5) is 27.8. The highest BCUT2D eigenvalue weighted by Crippen LogP contribution is 2.38. The molecule has 2 fully saturated rings. The van der Waals surface area contributed by atoms with Crippen LogP contribution in [-0.4, -0.2) is 42.1 Å². The van der Waals surface area contributed by atoms with Gasteiger partial charge in [0.05, 0.1) is 17.7 Å². The third-order valence-corrected chi connectivity index (χ3v) is 5.02. The van der Waals surface area contributed by atoms with Gasteiger partial charge in [-0.15, -0.1) is 0 Å². The Morgan fingerprint density at radius 3 is 2.58 bits per heavy atom. The lowest BCUT2D eigenvalue weighted by Crippen LogP contribution is -2.48. The van der Waals surface area contributed by atoms with Gasteiger partial charge in [0.1, 0.15) is 5.82 Å². The molecule has 5 nitrogen and oxygen atoms in total. The van der Waals surface area contributed by atoms with Gasteiger partial charge in [0.2, 0.25) is 5.91 Å². The second kappa shape index (κ2) is 5.33. The molecule has 126 valence electrons. The van der Waals surface area contributed by atoms with E-state index in [-0.39, 0.29) is 17.9 Å². The normalized spacial score (nSPS) is 18.5. The molecule has 1 aliphatic heterocycles. The molecule has 1 saturated carbocycles. The van der Waals surface area contributed by atoms with Crippen LogP contribution in [-0.2, 0) is 4.79 Å². The maximum atomic E-state index is 14.7. The summed E-state index contributed by atoms with van der Waals surface area (Å²) in [6, 6.07) is 3.46. The number of amides is 1. The van der Waals surface area contributed by atoms with Gasteiger partial charge in [0.25, 0.3) is 0 Å². The number of carbonyl (C=O) groups is 1. The number of pyridine rings is 1. The van der Waals surface area contributed by atoms with Crippen LogP contribution in [0.15, 0.2) is 23.1 Å². The van der Waals surface area contributed by atoms with E-state index in [1.807, 2.05) is 6.20 Å². The van der Waals surface area contributed by atoms with E-state index < -0.39 is 5.82 Å². The first-order valence-electron chi connectivity index (χ1n) is 8.29. The number of fused-ring (bicyclic) bond motifs is 1. The van der Waals surface area contributed by atoms with Gasteiger partial charge in [-0.25, -0.2) is 4.39 Å². The van der Waals surface area contributed by atoms with Crippen LogP contribution in [0.2, 0.25) is 0 Å². The van der Waals surface area contributed by atoms with Gasteiger partial charge < -0.3 is 14.4 Å². The van der Waals surface area contributed by atoms with Crippen LogP contribution in [0.5, 0.6) is 0 Å². The van der Waals surface area contributed by atoms with Gasteiger partial charge in [-0.1, -0.05) is 0 Å². The number of hydrogen-bond donors (Lipinski definition) is 0. The number of piperazine rings is 1. The molecule has 1 aliphatic carbocycles. The topological polar surface area (TPSA) is 45.5 Å². The van der Waals surface area contributed by atoms with E-state index in [9.17, 15) is 14.0 Å². The summed E-state index contributed by atoms with van der Waals surface area (Å²) < 4.78 is 16.8. The van der Waals surface area contributed by atoms with Crippen molar-refractivity contribution >= 4 is 22.5 Å². The number of anilines is 1. The highest BCUT2D eigenvalue weighted by Gasteiger charge is 2.27. The second-order valence-corrected chi connectivity index (χ2v) is 6.84. The maximum absolute atomic E-state index is 14.7. The van der Waals surface area contributed by atoms with Gasteiger partial charge >= 0.3 is 0 Å². The molecule has 1 aromatic carbocycles. The summed E-state index contributed by atoms with van der Waals surface area (Å²) in [6.07, 6.45) is 4.04. The van der Waals surface area contributed by atoms with Crippen molar-refractivity contribution in [2.45, 2.75) is 25.8 Å². The largest absolute Gasteiger partial charge is 0.358 e. The second-order valence-electron chi connectivity index (χ2n) is 6.84. The van der Waals surface area contributed by atoms with E-state index in [4.69, 9.17) is 0 Å². The molecule has 1 aromatic heterocycles. The Labute approximate surface area is 139 Å². The monoisotopic (exact) mass is 329 g/mol. The van der Waals surface area contributed by atoms with Crippen molar-refractivity contribution < 1.29 is 9.18 Å². The van der Waals surface area contributed by atoms with Crippen LogP contribution in [0.4, 0.5) is 10.1 Å². The Morgan fingerprint density at radius 2 is 1.92 bits per heavy atom. The molecule has 2 aromatic rings. The minimum Gasteiger partial charge on any atom is -0.358 e. The summed E-state index contributed by atoms with van der Waals surface area (Å²) in [7, 11) is 1.75. The number of aryl methyl sites for hydroxylation is 1. The van der Waals surface area contributed by atoms with Crippen molar-refractivity contribution in [2.75, 3.05) is 31.6 Å². The average Bonchev–Trinajstić information content (AvgIpc) is 3.38. The Bertz CT molecular complexity index is 901. The highest BCUT2D eigenvalue weighted by atomic mass is 19.1. The molecule has 1 amide bonds. The zero-order valence-electron chi connectivity index (χ0n) is 13.9. The molecule has 0 bridgehead atoms. The van der Waals surface area contributed by atoms with Crippen molar-refractivity contribution in [3.8, 4) is 0 Å². The molecule has 0 atom stereocenters. The Balaban J connectivity index is 1.87. The van der Waals surface area contributed by atoms with Crippen molar-refractivity contribution in [1.29, 1.82) is 0 Å². The van der Waals surface area contributed by atoms with Crippen LogP contribution in [0.3, 0.4) is 0 Å². The van der Waals surface area contributed by atoms with Gasteiger partial charge in [-0.3, -0.25) is 9.59 Å². The Hall–Kier alpha value is -2.37. The lowest BCUT2D eigenvalue weighted by molar-refractivity contribution is -0.129. The summed E-state index contributed by atoms with van der Waals surface area (Å²) in [5.74, 6) is -0.464. The molecular weight excluding hydrogens is 309 g/mol. The van der Waals surface area contributed by atoms with E-state index in [0.29, 0.717) is 35.8 Å². The number of aromatic nitrogens is 1. The molecule has 2 heterocycles. The zero-order valence-corrected chi connectivity index (χ0v) is 13.9. The maximum Gasteiger partial charge on any atom is 0.241 e. The number of halogens is 1. The third kappa shape index (κ3) is 2.37. The van der Waals surface area contributed by atoms with E-state index in [1.165, 1.54) is 6.07 Å². The van der Waals surface area contributed by atoms with Gasteiger partial charge in [-0.2, -0.15) is 0 Å². The van der Waals surface area contributed by atoms with Crippen LogP contribution in [0, 0.1) is 12.7 Å². The summed E-state index contributed by atoms with van der Waals surface area (Å²) in [5.41, 5.74) is 1.68. The van der Waals surface area contributed by atoms with Crippen molar-refractivity contribution in [3.63, 3.8) is 0 Å². The number of nitrogens with zero attached hydrogens (tertiary/aromatic N) is 3. The number of benzene rings is 1. The van der Waals surface area contributed by atoms with Crippen LogP contribution in [0.1, 0.15) is 24.4 Å². The van der Waals surface area contributed by atoms with Crippen molar-refractivity contribution in [1.82, 2.24) is 9.47 Å². The van der Waals surface area contributed by atoms with Crippen LogP contribution >= 0.6 is 0 Å². The van der Waals surface area contributed by atoms with Crippen LogP contribution in [0.25, 0.3) is 10.9 Å². The van der Waals surface area contributed by atoms with E-state index in [2.05, 4.69) is 4.57 Å². The van der Waals surface area contributed by atoms with Gasteiger partial charge in [-0.05, 0) is 31.9 Å². The molecule has 1 saturated heterocycles. The molecule has 0 unspecified atom stereocenters. The minimum atomic E-state index is -0.440. The van der Waals surface area contributed by atoms with Crippen LogP contribution < -0.4 is 10.3 Å². The Morgan fingerprint density at radius 1 is 1.17 bits per heavy atom. The number of rotatable bonds is 2. The number of likely N-dealkylation sites (N-methyl/N-ethyl adjacent to an activating group) is 1. The smallest absolute Gasteiger partial charge is 0.241 e. The molecule has 0 N–H and O–H groups in total. The molecule has 24 heavy (non-hydrogen) atoms. The fraction of sp³-hybridized carbons (Fsp3) is 0.444. The van der Waals surface area contributed by atoms with E-state index >= 15 is 0 Å². The highest BCUT2D eigenvalue weighted by molar-refractivity contribution is 5.87. The lowest BCUT2D eigenvalue weighted by Gasteiger charge is -2.33. The summed E-state index contributed by atoms with van der Waals surface area (Å²) >= 11 is 0. The molecule has 0 spiro atoms. The quantitative estimate of drug-likeness (QED) is 0.847. The lowest BCUT2D eigenvalue weighted by atomic mass is 10.1. The zero-order chi connectivity index (χ0) is 17.0. The fourth-order valence-electron chi connectivity index (χ4n) is 3.36. The predicted octanol–water partition coefficient (Wildman–Crippen LogP) is 2.06. The number of hydrogen-bond acceptors (Lipinski definition) is 3. The van der Waals surface area contributed by atoms with Gasteiger partial charge in [0, 0.05) is 43.3 Å². The summed E-state index contributed by atoms with van der Waals surface area (Å²) in [5, 5.41) is 0.420.